The number of halogens is 2. The van der Waals surface area contributed by atoms with Crippen LogP contribution in [0.2, 0.25) is 0 Å². The lowest BCUT2D eigenvalue weighted by molar-refractivity contribution is 0.271. The molecule has 114 valence electrons. The van der Waals surface area contributed by atoms with Crippen LogP contribution in [0.1, 0.15) is 23.9 Å². The van der Waals surface area contributed by atoms with Crippen molar-refractivity contribution in [2.45, 2.75) is 32.3 Å². The zero-order valence-electron chi connectivity index (χ0n) is 12.3. The topological polar surface area (TPSA) is 36.3 Å². The Hall–Kier alpha value is -1.01. The van der Waals surface area contributed by atoms with Gasteiger partial charge in [-0.2, -0.15) is 5.10 Å². The van der Waals surface area contributed by atoms with E-state index in [0.29, 0.717) is 11.9 Å². The fourth-order valence-electron chi connectivity index (χ4n) is 2.14. The third kappa shape index (κ3) is 3.43. The van der Waals surface area contributed by atoms with Crippen molar-refractivity contribution in [3.63, 3.8) is 0 Å². The van der Waals surface area contributed by atoms with Crippen LogP contribution in [-0.4, -0.2) is 16.9 Å². The van der Waals surface area contributed by atoms with Crippen LogP contribution in [0.4, 0.5) is 0 Å². The fraction of sp³-hybridized carbons (Fsp3) is 0.400. The van der Waals surface area contributed by atoms with E-state index in [1.807, 2.05) is 29.8 Å². The Morgan fingerprint density at radius 1 is 1.33 bits per heavy atom. The minimum atomic E-state index is 0.440. The van der Waals surface area contributed by atoms with Gasteiger partial charge in [0.25, 0.3) is 0 Å². The molecule has 1 aromatic heterocycles. The maximum atomic E-state index is 6.03. The second kappa shape index (κ2) is 7.31. The third-order valence-electron chi connectivity index (χ3n) is 3.23. The highest BCUT2D eigenvalue weighted by atomic mass is 79.9. The average Bonchev–Trinajstić information content (AvgIpc) is 2.79. The number of aromatic nitrogens is 2. The number of nitrogens with zero attached hydrogens (tertiary/aromatic N) is 2. The summed E-state index contributed by atoms with van der Waals surface area (Å²) in [5, 5.41) is 5.19. The van der Waals surface area contributed by atoms with Crippen molar-refractivity contribution in [3.8, 4) is 11.5 Å². The molecule has 0 N–H and O–H groups in total. The smallest absolute Gasteiger partial charge is 0.165 e. The predicted molar refractivity (Wildman–Crippen MR) is 90.3 cm³/mol. The second-order valence-corrected chi connectivity index (χ2v) is 5.89. The average molecular weight is 418 g/mol. The minimum Gasteiger partial charge on any atom is -0.493 e. The first-order valence-corrected chi connectivity index (χ1v) is 8.60. The molecule has 0 fully saturated rings. The van der Waals surface area contributed by atoms with E-state index in [-0.39, 0.29) is 0 Å². The summed E-state index contributed by atoms with van der Waals surface area (Å²) in [6.45, 7) is 5.29. The van der Waals surface area contributed by atoms with Crippen LogP contribution in [0.25, 0.3) is 0 Å². The summed E-state index contributed by atoms with van der Waals surface area (Å²) < 4.78 is 14.4. The second-order valence-electron chi connectivity index (χ2n) is 4.53. The van der Waals surface area contributed by atoms with E-state index < -0.39 is 0 Å². The Kier molecular flexibility index (Phi) is 5.70. The number of hydrogen-bond acceptors (Lipinski definition) is 3. The zero-order chi connectivity index (χ0) is 15.4. The van der Waals surface area contributed by atoms with Gasteiger partial charge in [-0.1, -0.05) is 28.1 Å². The Bertz CT molecular complexity index is 604. The molecule has 1 aromatic carbocycles. The number of benzene rings is 1. The van der Waals surface area contributed by atoms with E-state index in [9.17, 15) is 0 Å². The summed E-state index contributed by atoms with van der Waals surface area (Å²) in [4.78, 5) is 0. The van der Waals surface area contributed by atoms with Gasteiger partial charge in [0, 0.05) is 17.4 Å². The molecule has 0 bridgehead atoms. The first-order chi connectivity index (χ1) is 10.1. The lowest BCUT2D eigenvalue weighted by Gasteiger charge is -2.14. The van der Waals surface area contributed by atoms with E-state index in [0.717, 1.165) is 39.5 Å². The molecule has 0 aliphatic heterocycles. The van der Waals surface area contributed by atoms with Crippen molar-refractivity contribution >= 4 is 31.9 Å². The first kappa shape index (κ1) is 16.4. The van der Waals surface area contributed by atoms with Gasteiger partial charge < -0.3 is 9.47 Å². The Morgan fingerprint density at radius 2 is 2.10 bits per heavy atom. The van der Waals surface area contributed by atoms with E-state index >= 15 is 0 Å². The van der Waals surface area contributed by atoms with Crippen LogP contribution in [0.15, 0.2) is 22.7 Å². The van der Waals surface area contributed by atoms with Gasteiger partial charge in [-0.15, -0.1) is 0 Å². The van der Waals surface area contributed by atoms with E-state index in [1.165, 1.54) is 0 Å². The van der Waals surface area contributed by atoms with Crippen molar-refractivity contribution in [2.24, 2.45) is 0 Å². The van der Waals surface area contributed by atoms with Crippen molar-refractivity contribution < 1.29 is 9.47 Å². The predicted octanol–water partition coefficient (Wildman–Crippen LogP) is 4.46. The molecule has 0 saturated carbocycles. The molecule has 6 heteroatoms. The quantitative estimate of drug-likeness (QED) is 0.651. The molecule has 1 heterocycles. The SMILES string of the molecule is CCn1nc(C)c(Br)c1COc1c(CBr)cccc1OC. The molecular formula is C15H18Br2N2O2. The van der Waals surface area contributed by atoms with Crippen LogP contribution in [-0.2, 0) is 18.5 Å². The highest BCUT2D eigenvalue weighted by Crippen LogP contribution is 2.33. The molecule has 0 atom stereocenters. The van der Waals surface area contributed by atoms with Crippen LogP contribution in [0.3, 0.4) is 0 Å². The van der Waals surface area contributed by atoms with E-state index in [1.54, 1.807) is 7.11 Å². The number of aryl methyl sites for hydroxylation is 2. The van der Waals surface area contributed by atoms with Gasteiger partial charge in [0.05, 0.1) is 23.0 Å². The third-order valence-corrected chi connectivity index (χ3v) is 4.87. The molecule has 21 heavy (non-hydrogen) atoms. The molecule has 2 rings (SSSR count). The fourth-order valence-corrected chi connectivity index (χ4v) is 2.98. The zero-order valence-corrected chi connectivity index (χ0v) is 15.5. The number of rotatable bonds is 6. The number of ether oxygens (including phenoxy) is 2. The molecule has 2 aromatic rings. The summed E-state index contributed by atoms with van der Waals surface area (Å²) >= 11 is 7.07. The number of alkyl halides is 1. The molecule has 0 radical (unpaired) electrons. The molecule has 0 amide bonds. The van der Waals surface area contributed by atoms with Crippen molar-refractivity contribution in [3.05, 3.63) is 39.6 Å². The number of para-hydroxylation sites is 1. The summed E-state index contributed by atoms with van der Waals surface area (Å²) in [5.74, 6) is 1.51. The van der Waals surface area contributed by atoms with Crippen LogP contribution >= 0.6 is 31.9 Å². The Labute approximate surface area is 141 Å². The van der Waals surface area contributed by atoms with Gasteiger partial charge in [0.2, 0.25) is 0 Å². The molecule has 0 unspecified atom stereocenters. The normalized spacial score (nSPS) is 10.7. The molecule has 0 spiro atoms. The summed E-state index contributed by atoms with van der Waals surface area (Å²) in [7, 11) is 1.65. The number of methoxy groups -OCH3 is 1. The lowest BCUT2D eigenvalue weighted by atomic mass is 10.2. The monoisotopic (exact) mass is 416 g/mol. The van der Waals surface area contributed by atoms with Gasteiger partial charge in [0.1, 0.15) is 6.61 Å². The van der Waals surface area contributed by atoms with Crippen molar-refractivity contribution in [2.75, 3.05) is 7.11 Å². The van der Waals surface area contributed by atoms with Crippen LogP contribution < -0.4 is 9.47 Å². The maximum Gasteiger partial charge on any atom is 0.165 e. The molecular weight excluding hydrogens is 400 g/mol. The maximum absolute atomic E-state index is 6.03. The standard InChI is InChI=1S/C15H18Br2N2O2/c1-4-19-12(14(17)10(2)18-19)9-21-15-11(8-16)6-5-7-13(15)20-3/h5-7H,4,8-9H2,1-3H3. The highest BCUT2D eigenvalue weighted by molar-refractivity contribution is 9.10. The first-order valence-electron chi connectivity index (χ1n) is 6.68. The Morgan fingerprint density at radius 3 is 2.71 bits per heavy atom. The highest BCUT2D eigenvalue weighted by Gasteiger charge is 2.15. The van der Waals surface area contributed by atoms with Gasteiger partial charge in [0.15, 0.2) is 11.5 Å². The van der Waals surface area contributed by atoms with Gasteiger partial charge in [-0.25, -0.2) is 0 Å². The molecule has 4 nitrogen and oxygen atoms in total. The lowest BCUT2D eigenvalue weighted by Crippen LogP contribution is -2.08. The molecule has 0 saturated heterocycles. The summed E-state index contributed by atoms with van der Waals surface area (Å²) in [6, 6.07) is 5.88. The summed E-state index contributed by atoms with van der Waals surface area (Å²) in [5.41, 5.74) is 3.06. The van der Waals surface area contributed by atoms with Crippen molar-refractivity contribution in [1.82, 2.24) is 9.78 Å². The summed E-state index contributed by atoms with van der Waals surface area (Å²) in [6.07, 6.45) is 0. The molecule has 0 aliphatic rings. The van der Waals surface area contributed by atoms with Gasteiger partial charge >= 0.3 is 0 Å². The van der Waals surface area contributed by atoms with E-state index in [4.69, 9.17) is 9.47 Å². The largest absolute Gasteiger partial charge is 0.493 e. The van der Waals surface area contributed by atoms with Gasteiger partial charge in [-0.3, -0.25) is 4.68 Å². The van der Waals surface area contributed by atoms with Crippen molar-refractivity contribution in [1.29, 1.82) is 0 Å². The minimum absolute atomic E-state index is 0.440. The van der Waals surface area contributed by atoms with Crippen LogP contribution in [0.5, 0.6) is 11.5 Å². The Balaban J connectivity index is 2.28. The van der Waals surface area contributed by atoms with E-state index in [2.05, 4.69) is 43.9 Å². The van der Waals surface area contributed by atoms with Crippen LogP contribution in [0, 0.1) is 6.92 Å². The number of hydrogen-bond donors (Lipinski definition) is 0. The molecule has 0 aliphatic carbocycles. The van der Waals surface area contributed by atoms with Gasteiger partial charge in [-0.05, 0) is 35.8 Å².